The molecule has 3 N–H and O–H groups in total. The fraction of sp³-hybridized carbons (Fsp3) is 0.467. The summed E-state index contributed by atoms with van der Waals surface area (Å²) < 4.78 is 0. The quantitative estimate of drug-likeness (QED) is 0.810. The predicted octanol–water partition coefficient (Wildman–Crippen LogP) is 1.14. The Morgan fingerprint density at radius 2 is 1.70 bits per heavy atom. The van der Waals surface area contributed by atoms with Crippen molar-refractivity contribution in [3.63, 3.8) is 0 Å². The van der Waals surface area contributed by atoms with Gasteiger partial charge in [0.25, 0.3) is 0 Å². The van der Waals surface area contributed by atoms with Gasteiger partial charge in [-0.15, -0.1) is 0 Å². The third kappa shape index (κ3) is 3.50. The van der Waals surface area contributed by atoms with Crippen molar-refractivity contribution in [2.75, 3.05) is 19.8 Å². The second-order valence-corrected chi connectivity index (χ2v) is 5.67. The topological polar surface area (TPSA) is 75.4 Å². The van der Waals surface area contributed by atoms with Gasteiger partial charge in [0.1, 0.15) is 6.04 Å². The highest BCUT2D eigenvalue weighted by molar-refractivity contribution is 5.92. The highest BCUT2D eigenvalue weighted by Crippen LogP contribution is 2.24. The molecular weight excluding hydrogens is 254 g/mol. The molecule has 2 amide bonds. The monoisotopic (exact) mass is 277 g/mol. The standard InChI is InChI=1S/C15H23N3O2/c1-10(13(19)18(4)5)17-14(20)15(2,3)11-6-8-12(16)9-7-11/h6-10H,16H2,1-5H3,(H,17,20). The fourth-order valence-corrected chi connectivity index (χ4v) is 1.86. The number of anilines is 1. The van der Waals surface area contributed by atoms with Crippen LogP contribution in [0.3, 0.4) is 0 Å². The molecule has 5 nitrogen and oxygen atoms in total. The SMILES string of the molecule is CC(NC(=O)C(C)(C)c1ccc(N)cc1)C(=O)N(C)C. The maximum Gasteiger partial charge on any atom is 0.244 e. The zero-order valence-electron chi connectivity index (χ0n) is 12.7. The van der Waals surface area contributed by atoms with Gasteiger partial charge in [0.05, 0.1) is 5.41 Å². The van der Waals surface area contributed by atoms with E-state index in [1.54, 1.807) is 33.2 Å². The number of hydrogen-bond donors (Lipinski definition) is 2. The van der Waals surface area contributed by atoms with Crippen molar-refractivity contribution in [3.05, 3.63) is 29.8 Å². The summed E-state index contributed by atoms with van der Waals surface area (Å²) in [6.45, 7) is 5.32. The molecule has 0 radical (unpaired) electrons. The lowest BCUT2D eigenvalue weighted by atomic mass is 9.83. The van der Waals surface area contributed by atoms with E-state index in [0.29, 0.717) is 5.69 Å². The molecular formula is C15H23N3O2. The molecule has 0 fully saturated rings. The zero-order valence-corrected chi connectivity index (χ0v) is 12.7. The number of likely N-dealkylation sites (N-methyl/N-ethyl adjacent to an activating group) is 1. The Hall–Kier alpha value is -2.04. The molecule has 110 valence electrons. The number of carbonyl (C=O) groups is 2. The van der Waals surface area contributed by atoms with E-state index in [9.17, 15) is 9.59 Å². The number of nitrogens with one attached hydrogen (secondary N) is 1. The first kappa shape index (κ1) is 16.0. The molecule has 0 bridgehead atoms. The van der Waals surface area contributed by atoms with Gasteiger partial charge in [-0.2, -0.15) is 0 Å². The van der Waals surface area contributed by atoms with Crippen molar-refractivity contribution in [1.29, 1.82) is 0 Å². The maximum atomic E-state index is 12.4. The van der Waals surface area contributed by atoms with E-state index in [2.05, 4.69) is 5.32 Å². The van der Waals surface area contributed by atoms with Gasteiger partial charge in [-0.05, 0) is 38.5 Å². The lowest BCUT2D eigenvalue weighted by molar-refractivity contribution is -0.135. The molecule has 1 unspecified atom stereocenters. The minimum absolute atomic E-state index is 0.133. The van der Waals surface area contributed by atoms with Gasteiger partial charge in [0.15, 0.2) is 0 Å². The molecule has 1 rings (SSSR count). The van der Waals surface area contributed by atoms with Crippen molar-refractivity contribution >= 4 is 17.5 Å². The number of benzene rings is 1. The van der Waals surface area contributed by atoms with E-state index >= 15 is 0 Å². The number of nitrogen functional groups attached to an aromatic ring is 1. The third-order valence-electron chi connectivity index (χ3n) is 3.36. The van der Waals surface area contributed by atoms with Crippen LogP contribution in [-0.4, -0.2) is 36.9 Å². The number of hydrogen-bond acceptors (Lipinski definition) is 3. The van der Waals surface area contributed by atoms with Crippen LogP contribution in [0.15, 0.2) is 24.3 Å². The second kappa shape index (κ2) is 5.94. The Balaban J connectivity index is 2.85. The first-order valence-electron chi connectivity index (χ1n) is 6.54. The largest absolute Gasteiger partial charge is 0.399 e. The predicted molar refractivity (Wildman–Crippen MR) is 80.2 cm³/mol. The first-order valence-corrected chi connectivity index (χ1v) is 6.54. The Morgan fingerprint density at radius 1 is 1.20 bits per heavy atom. The van der Waals surface area contributed by atoms with Gasteiger partial charge < -0.3 is 16.0 Å². The summed E-state index contributed by atoms with van der Waals surface area (Å²) in [6.07, 6.45) is 0. The molecule has 0 aliphatic heterocycles. The van der Waals surface area contributed by atoms with Gasteiger partial charge in [0, 0.05) is 19.8 Å². The zero-order chi connectivity index (χ0) is 15.5. The van der Waals surface area contributed by atoms with Crippen LogP contribution in [0.1, 0.15) is 26.3 Å². The number of nitrogens with two attached hydrogens (primary N) is 1. The van der Waals surface area contributed by atoms with E-state index in [1.165, 1.54) is 4.90 Å². The molecule has 0 aromatic heterocycles. The normalized spacial score (nSPS) is 12.7. The van der Waals surface area contributed by atoms with Crippen LogP contribution in [0.5, 0.6) is 0 Å². The van der Waals surface area contributed by atoms with Crippen molar-refractivity contribution in [3.8, 4) is 0 Å². The highest BCUT2D eigenvalue weighted by Gasteiger charge is 2.31. The Labute approximate surface area is 120 Å². The minimum atomic E-state index is -0.728. The third-order valence-corrected chi connectivity index (χ3v) is 3.36. The molecule has 0 aliphatic rings. The molecule has 0 spiro atoms. The van der Waals surface area contributed by atoms with Crippen LogP contribution in [0.2, 0.25) is 0 Å². The van der Waals surface area contributed by atoms with E-state index < -0.39 is 11.5 Å². The van der Waals surface area contributed by atoms with Crippen LogP contribution in [0.4, 0.5) is 5.69 Å². The summed E-state index contributed by atoms with van der Waals surface area (Å²) in [5, 5.41) is 2.75. The van der Waals surface area contributed by atoms with Crippen LogP contribution in [-0.2, 0) is 15.0 Å². The lowest BCUT2D eigenvalue weighted by Crippen LogP contribution is -2.49. The van der Waals surface area contributed by atoms with E-state index in [0.717, 1.165) is 5.56 Å². The average Bonchev–Trinajstić information content (AvgIpc) is 2.37. The molecule has 0 saturated carbocycles. The number of rotatable bonds is 4. The number of carbonyl (C=O) groups excluding carboxylic acids is 2. The van der Waals surface area contributed by atoms with Gasteiger partial charge in [0.2, 0.25) is 11.8 Å². The minimum Gasteiger partial charge on any atom is -0.399 e. The number of nitrogens with zero attached hydrogens (tertiary/aromatic N) is 1. The van der Waals surface area contributed by atoms with Crippen LogP contribution in [0.25, 0.3) is 0 Å². The van der Waals surface area contributed by atoms with E-state index in [4.69, 9.17) is 5.73 Å². The molecule has 1 aromatic carbocycles. The smallest absolute Gasteiger partial charge is 0.244 e. The summed E-state index contributed by atoms with van der Waals surface area (Å²) in [7, 11) is 3.33. The maximum absolute atomic E-state index is 12.4. The molecule has 1 atom stereocenters. The summed E-state index contributed by atoms with van der Waals surface area (Å²) in [5.74, 6) is -0.323. The summed E-state index contributed by atoms with van der Waals surface area (Å²) >= 11 is 0. The second-order valence-electron chi connectivity index (χ2n) is 5.67. The molecule has 5 heteroatoms. The fourth-order valence-electron chi connectivity index (χ4n) is 1.86. The molecule has 0 aliphatic carbocycles. The van der Waals surface area contributed by atoms with Crippen molar-refractivity contribution < 1.29 is 9.59 Å². The summed E-state index contributed by atoms with van der Waals surface area (Å²) in [6, 6.07) is 6.63. The molecule has 1 aromatic rings. The Kier molecular flexibility index (Phi) is 4.76. The highest BCUT2D eigenvalue weighted by atomic mass is 16.2. The van der Waals surface area contributed by atoms with Crippen LogP contribution >= 0.6 is 0 Å². The van der Waals surface area contributed by atoms with E-state index in [-0.39, 0.29) is 11.8 Å². The van der Waals surface area contributed by atoms with Gasteiger partial charge in [-0.3, -0.25) is 9.59 Å². The molecule has 0 heterocycles. The average molecular weight is 277 g/mol. The molecule has 0 saturated heterocycles. The summed E-state index contributed by atoms with van der Waals surface area (Å²) in [4.78, 5) is 25.6. The number of amides is 2. The first-order chi connectivity index (χ1) is 9.16. The summed E-state index contributed by atoms with van der Waals surface area (Å²) in [5.41, 5.74) is 6.43. The lowest BCUT2D eigenvalue weighted by Gasteiger charge is -2.27. The van der Waals surface area contributed by atoms with E-state index in [1.807, 2.05) is 26.0 Å². The van der Waals surface area contributed by atoms with Gasteiger partial charge in [-0.1, -0.05) is 12.1 Å². The molecule has 20 heavy (non-hydrogen) atoms. The van der Waals surface area contributed by atoms with Crippen LogP contribution < -0.4 is 11.1 Å². The van der Waals surface area contributed by atoms with Crippen LogP contribution in [0, 0.1) is 0 Å². The Bertz CT molecular complexity index is 492. The van der Waals surface area contributed by atoms with Gasteiger partial charge >= 0.3 is 0 Å². The van der Waals surface area contributed by atoms with Crippen molar-refractivity contribution in [2.45, 2.75) is 32.2 Å². The van der Waals surface area contributed by atoms with Gasteiger partial charge in [-0.25, -0.2) is 0 Å². The van der Waals surface area contributed by atoms with Crippen molar-refractivity contribution in [1.82, 2.24) is 10.2 Å². The Morgan fingerprint density at radius 3 is 2.15 bits per heavy atom. The van der Waals surface area contributed by atoms with Crippen molar-refractivity contribution in [2.24, 2.45) is 0 Å².